The molecule has 0 spiro atoms. The highest BCUT2D eigenvalue weighted by molar-refractivity contribution is 7.90. The van der Waals surface area contributed by atoms with Crippen molar-refractivity contribution in [2.45, 2.75) is 23.6 Å². The lowest BCUT2D eigenvalue weighted by atomic mass is 10.2. The average molecular weight is 535 g/mol. The lowest BCUT2D eigenvalue weighted by Gasteiger charge is -2.14. The molecule has 0 heterocycles. The van der Waals surface area contributed by atoms with Crippen LogP contribution in [0.3, 0.4) is 0 Å². The predicted octanol–water partition coefficient (Wildman–Crippen LogP) is 2.74. The number of anilines is 2. The van der Waals surface area contributed by atoms with Gasteiger partial charge in [-0.2, -0.15) is 0 Å². The highest BCUT2D eigenvalue weighted by atomic mass is 32.2. The fourth-order valence-corrected chi connectivity index (χ4v) is 4.68. The molecular weight excluding hydrogens is 512 g/mol. The van der Waals surface area contributed by atoms with Gasteiger partial charge in [-0.1, -0.05) is 35.4 Å². The number of aromatic hydroxyl groups is 2. The second-order valence-electron chi connectivity index (χ2n) is 7.63. The van der Waals surface area contributed by atoms with Crippen LogP contribution in [-0.2, 0) is 20.0 Å². The van der Waals surface area contributed by atoms with Crippen molar-refractivity contribution in [2.24, 2.45) is 0 Å². The molecule has 0 saturated heterocycles. The fourth-order valence-electron chi connectivity index (χ4n) is 2.87. The summed E-state index contributed by atoms with van der Waals surface area (Å²) in [6.45, 7) is 3.52. The number of phenolic OH excluding ortho intramolecular Hbond substituents is 2. The minimum absolute atomic E-state index is 0.174. The third-order valence-corrected chi connectivity index (χ3v) is 7.42. The van der Waals surface area contributed by atoms with Crippen LogP contribution >= 0.6 is 0 Å². The molecule has 0 aliphatic heterocycles. The fraction of sp³-hybridized carbons (Fsp3) is 0.0909. The Hall–Kier alpha value is -4.30. The summed E-state index contributed by atoms with van der Waals surface area (Å²) in [6, 6.07) is 10.5. The maximum atomic E-state index is 12.4. The number of carbonyl (C=O) groups is 2. The zero-order valence-electron chi connectivity index (χ0n) is 18.9. The molecule has 0 bridgehead atoms. The van der Waals surface area contributed by atoms with Crippen LogP contribution in [0, 0.1) is 13.8 Å². The highest BCUT2D eigenvalue weighted by Crippen LogP contribution is 2.35. The predicted molar refractivity (Wildman–Crippen MR) is 131 cm³/mol. The van der Waals surface area contributed by atoms with Gasteiger partial charge < -0.3 is 20.8 Å². The summed E-state index contributed by atoms with van der Waals surface area (Å²) in [5, 5.41) is 24.2. The Morgan fingerprint density at radius 1 is 0.611 bits per heavy atom. The van der Waals surface area contributed by atoms with E-state index in [9.17, 15) is 36.6 Å². The molecule has 36 heavy (non-hydrogen) atoms. The molecule has 0 aliphatic carbocycles. The molecule has 14 heteroatoms. The van der Waals surface area contributed by atoms with Gasteiger partial charge in [-0.05, 0) is 44.2 Å². The van der Waals surface area contributed by atoms with Crippen molar-refractivity contribution in [1.82, 2.24) is 9.44 Å². The number of hydrogen-bond acceptors (Lipinski definition) is 8. The number of nitrogens with one attached hydrogen (secondary N) is 4. The molecule has 6 N–H and O–H groups in total. The molecule has 0 atom stereocenters. The van der Waals surface area contributed by atoms with Gasteiger partial charge in [-0.25, -0.2) is 35.9 Å². The molecule has 190 valence electrons. The van der Waals surface area contributed by atoms with Crippen molar-refractivity contribution in [1.29, 1.82) is 0 Å². The Bertz CT molecular complexity index is 1410. The number of phenols is 2. The average Bonchev–Trinajstić information content (AvgIpc) is 2.77. The quantitative estimate of drug-likeness (QED) is 0.205. The van der Waals surface area contributed by atoms with E-state index in [1.165, 1.54) is 24.3 Å². The molecule has 4 amide bonds. The topological polar surface area (TPSA) is 191 Å². The van der Waals surface area contributed by atoms with E-state index in [2.05, 4.69) is 10.6 Å². The Balaban J connectivity index is 1.73. The standard InChI is InChI=1S/C22H22N4O8S2/c1-13-3-7-15(8-4-13)35(31,32)25-21(29)23-17-11-18(20(28)12-19(17)27)24-22(30)26-36(33,34)16-9-5-14(2)6-10-16/h3-12,27-28H,1-2H3,(H2,23,25,29)(H2,24,26,30). The van der Waals surface area contributed by atoms with E-state index in [0.29, 0.717) is 0 Å². The Morgan fingerprint density at radius 3 is 1.28 bits per heavy atom. The van der Waals surface area contributed by atoms with Gasteiger partial charge in [0.15, 0.2) is 0 Å². The van der Waals surface area contributed by atoms with E-state index in [-0.39, 0.29) is 21.2 Å². The molecule has 0 radical (unpaired) electrons. The van der Waals surface area contributed by atoms with E-state index in [0.717, 1.165) is 23.3 Å². The summed E-state index contributed by atoms with van der Waals surface area (Å²) < 4.78 is 53.0. The molecule has 0 aromatic heterocycles. The van der Waals surface area contributed by atoms with Crippen molar-refractivity contribution in [3.05, 3.63) is 71.8 Å². The van der Waals surface area contributed by atoms with Crippen molar-refractivity contribution >= 4 is 43.5 Å². The first-order valence-corrected chi connectivity index (χ1v) is 13.1. The lowest BCUT2D eigenvalue weighted by molar-refractivity contribution is 0.255. The van der Waals surface area contributed by atoms with Gasteiger partial charge in [0.05, 0.1) is 21.2 Å². The summed E-state index contributed by atoms with van der Waals surface area (Å²) in [5.74, 6) is -1.32. The van der Waals surface area contributed by atoms with Gasteiger partial charge in [0.25, 0.3) is 20.0 Å². The maximum Gasteiger partial charge on any atom is 0.333 e. The van der Waals surface area contributed by atoms with E-state index in [1.807, 2.05) is 0 Å². The Labute approximate surface area is 207 Å². The van der Waals surface area contributed by atoms with Gasteiger partial charge in [-0.15, -0.1) is 0 Å². The zero-order valence-corrected chi connectivity index (χ0v) is 20.6. The SMILES string of the molecule is Cc1ccc(S(=O)(=O)NC(=O)Nc2cc(NC(=O)NS(=O)(=O)c3ccc(C)cc3)c(O)cc2O)cc1. The monoisotopic (exact) mass is 534 g/mol. The van der Waals surface area contributed by atoms with Gasteiger partial charge in [-0.3, -0.25) is 0 Å². The Morgan fingerprint density at radius 2 is 0.944 bits per heavy atom. The summed E-state index contributed by atoms with van der Waals surface area (Å²) in [7, 11) is -8.47. The van der Waals surface area contributed by atoms with Crippen molar-refractivity contribution < 1.29 is 36.6 Å². The number of rotatable bonds is 6. The van der Waals surface area contributed by atoms with E-state index in [4.69, 9.17) is 0 Å². The van der Waals surface area contributed by atoms with Crippen LogP contribution in [0.5, 0.6) is 11.5 Å². The summed E-state index contributed by atoms with van der Waals surface area (Å²) in [5.41, 5.74) is 0.841. The molecular formula is C22H22N4O8S2. The van der Waals surface area contributed by atoms with Crippen molar-refractivity contribution in [2.75, 3.05) is 10.6 Å². The van der Waals surface area contributed by atoms with Crippen molar-refractivity contribution in [3.63, 3.8) is 0 Å². The summed E-state index contributed by atoms with van der Waals surface area (Å²) in [6.07, 6.45) is 0. The number of urea groups is 2. The summed E-state index contributed by atoms with van der Waals surface area (Å²) in [4.78, 5) is 24.2. The first-order chi connectivity index (χ1) is 16.8. The normalized spacial score (nSPS) is 11.4. The molecule has 3 rings (SSSR count). The molecule has 12 nitrogen and oxygen atoms in total. The molecule has 3 aromatic carbocycles. The molecule has 0 saturated carbocycles. The number of aryl methyl sites for hydroxylation is 2. The molecule has 3 aromatic rings. The number of hydrogen-bond donors (Lipinski definition) is 6. The lowest BCUT2D eigenvalue weighted by Crippen LogP contribution is -2.35. The van der Waals surface area contributed by atoms with Gasteiger partial charge in [0.2, 0.25) is 0 Å². The van der Waals surface area contributed by atoms with Crippen LogP contribution in [0.1, 0.15) is 11.1 Å². The number of amides is 4. The number of benzene rings is 3. The molecule has 0 fully saturated rings. The van der Waals surface area contributed by atoms with Crippen LogP contribution in [0.2, 0.25) is 0 Å². The minimum Gasteiger partial charge on any atom is -0.506 e. The van der Waals surface area contributed by atoms with E-state index in [1.54, 1.807) is 47.6 Å². The van der Waals surface area contributed by atoms with Crippen LogP contribution in [0.4, 0.5) is 21.0 Å². The summed E-state index contributed by atoms with van der Waals surface area (Å²) >= 11 is 0. The largest absolute Gasteiger partial charge is 0.506 e. The molecule has 0 unspecified atom stereocenters. The van der Waals surface area contributed by atoms with Gasteiger partial charge >= 0.3 is 12.1 Å². The second kappa shape index (κ2) is 10.1. The first-order valence-electron chi connectivity index (χ1n) is 10.1. The first kappa shape index (κ1) is 26.3. The van der Waals surface area contributed by atoms with Crippen LogP contribution in [-0.4, -0.2) is 39.1 Å². The van der Waals surface area contributed by atoms with E-state index >= 15 is 0 Å². The van der Waals surface area contributed by atoms with Gasteiger partial charge in [0, 0.05) is 6.07 Å². The van der Waals surface area contributed by atoms with Crippen LogP contribution < -0.4 is 20.1 Å². The van der Waals surface area contributed by atoms with E-state index < -0.39 is 43.6 Å². The number of carbonyl (C=O) groups excluding carboxylic acids is 2. The second-order valence-corrected chi connectivity index (χ2v) is 11.0. The smallest absolute Gasteiger partial charge is 0.333 e. The maximum absolute atomic E-state index is 12.4. The third kappa shape index (κ3) is 6.43. The third-order valence-electron chi connectivity index (χ3n) is 4.73. The molecule has 0 aliphatic rings. The minimum atomic E-state index is -4.24. The highest BCUT2D eigenvalue weighted by Gasteiger charge is 2.21. The van der Waals surface area contributed by atoms with Crippen LogP contribution in [0.25, 0.3) is 0 Å². The van der Waals surface area contributed by atoms with Gasteiger partial charge in [0.1, 0.15) is 11.5 Å². The Kier molecular flexibility index (Phi) is 7.40. The van der Waals surface area contributed by atoms with Crippen LogP contribution in [0.15, 0.2) is 70.5 Å². The number of sulfonamides is 2. The van der Waals surface area contributed by atoms with Crippen molar-refractivity contribution in [3.8, 4) is 11.5 Å². The zero-order chi connectivity index (χ0) is 26.7.